The fourth-order valence-corrected chi connectivity index (χ4v) is 4.44. The molecule has 0 saturated carbocycles. The molecule has 2 heterocycles. The molecule has 0 radical (unpaired) electrons. The highest BCUT2D eigenvalue weighted by molar-refractivity contribution is 9.10. The first-order chi connectivity index (χ1) is 15.8. The molecule has 170 valence electrons. The van der Waals surface area contributed by atoms with Crippen molar-refractivity contribution in [1.82, 2.24) is 9.97 Å². The molecule has 9 heteroatoms. The predicted octanol–water partition coefficient (Wildman–Crippen LogP) is 7.08. The van der Waals surface area contributed by atoms with Gasteiger partial charge in [-0.1, -0.05) is 22.0 Å². The number of thiazole rings is 1. The number of rotatable bonds is 7. The number of hydrogen-bond acceptors (Lipinski definition) is 7. The van der Waals surface area contributed by atoms with E-state index in [9.17, 15) is 4.79 Å². The Labute approximate surface area is 204 Å². The van der Waals surface area contributed by atoms with Crippen molar-refractivity contribution in [2.75, 3.05) is 10.2 Å². The molecule has 1 N–H and O–H groups in total. The van der Waals surface area contributed by atoms with Crippen molar-refractivity contribution in [2.45, 2.75) is 33.8 Å². The number of oxazole rings is 1. The van der Waals surface area contributed by atoms with Gasteiger partial charge >= 0.3 is 0 Å². The highest BCUT2D eigenvalue weighted by atomic mass is 79.9. The Morgan fingerprint density at radius 3 is 2.73 bits per heavy atom. The lowest BCUT2D eigenvalue weighted by Gasteiger charge is -2.19. The summed E-state index contributed by atoms with van der Waals surface area (Å²) < 4.78 is 12.7. The van der Waals surface area contributed by atoms with Gasteiger partial charge in [-0.2, -0.15) is 0 Å². The minimum Gasteiger partial charge on any atom is -0.491 e. The van der Waals surface area contributed by atoms with Gasteiger partial charge in [-0.25, -0.2) is 9.97 Å². The summed E-state index contributed by atoms with van der Waals surface area (Å²) in [6.45, 7) is 7.45. The van der Waals surface area contributed by atoms with Crippen LogP contribution in [0.4, 0.5) is 22.5 Å². The van der Waals surface area contributed by atoms with Gasteiger partial charge < -0.3 is 14.5 Å². The largest absolute Gasteiger partial charge is 0.491 e. The summed E-state index contributed by atoms with van der Waals surface area (Å²) >= 11 is 4.93. The Morgan fingerprint density at radius 2 is 2.03 bits per heavy atom. The zero-order valence-corrected chi connectivity index (χ0v) is 21.0. The molecule has 7 nitrogen and oxygen atoms in total. The smallest absolute Gasteiger partial charge is 0.299 e. The van der Waals surface area contributed by atoms with Crippen LogP contribution in [-0.2, 0) is 4.79 Å². The number of benzene rings is 2. The molecule has 2 aromatic carbocycles. The second kappa shape index (κ2) is 9.76. The summed E-state index contributed by atoms with van der Waals surface area (Å²) in [7, 11) is 0. The van der Waals surface area contributed by atoms with E-state index in [2.05, 4.69) is 31.2 Å². The topological polar surface area (TPSA) is 80.5 Å². The van der Waals surface area contributed by atoms with Gasteiger partial charge in [0, 0.05) is 34.2 Å². The Bertz CT molecular complexity index is 1270. The van der Waals surface area contributed by atoms with E-state index in [1.165, 1.54) is 18.3 Å². The number of nitrogens with zero attached hydrogens (tertiary/aromatic N) is 3. The standard InChI is InChI=1S/C24H23BrN4O3S/c1-14(2)31-20-10-17(9-18(25)11-20)22-13-27-23(32-22)28-21-12-19(6-5-15(21)3)29(16(4)30)24-26-7-8-33-24/h5-14H,1-4H3,(H,27,28). The molecule has 33 heavy (non-hydrogen) atoms. The van der Waals surface area contributed by atoms with Gasteiger partial charge in [-0.05, 0) is 56.7 Å². The van der Waals surface area contributed by atoms with Gasteiger partial charge in [0.25, 0.3) is 6.01 Å². The normalized spacial score (nSPS) is 11.0. The van der Waals surface area contributed by atoms with E-state index in [-0.39, 0.29) is 12.0 Å². The number of carbonyl (C=O) groups excluding carboxylic acids is 1. The second-order valence-electron chi connectivity index (χ2n) is 7.67. The van der Waals surface area contributed by atoms with Crippen molar-refractivity contribution in [1.29, 1.82) is 0 Å². The average Bonchev–Trinajstić information content (AvgIpc) is 3.42. The molecule has 0 fully saturated rings. The summed E-state index contributed by atoms with van der Waals surface area (Å²) in [6.07, 6.45) is 3.41. The van der Waals surface area contributed by atoms with Crippen molar-refractivity contribution in [3.8, 4) is 17.1 Å². The summed E-state index contributed by atoms with van der Waals surface area (Å²) in [5.74, 6) is 1.23. The molecule has 4 rings (SSSR count). The lowest BCUT2D eigenvalue weighted by Crippen LogP contribution is -2.22. The van der Waals surface area contributed by atoms with Gasteiger partial charge in [-0.3, -0.25) is 9.69 Å². The molecule has 0 atom stereocenters. The number of carbonyl (C=O) groups is 1. The summed E-state index contributed by atoms with van der Waals surface area (Å²) in [5, 5.41) is 5.68. The number of hydrogen-bond donors (Lipinski definition) is 1. The van der Waals surface area contributed by atoms with Crippen LogP contribution in [0, 0.1) is 6.92 Å². The molecule has 0 aliphatic heterocycles. The van der Waals surface area contributed by atoms with Crippen LogP contribution in [-0.4, -0.2) is 22.0 Å². The first kappa shape index (κ1) is 23.0. The van der Waals surface area contributed by atoms with Gasteiger partial charge in [0.15, 0.2) is 10.9 Å². The number of anilines is 4. The molecule has 0 bridgehead atoms. The van der Waals surface area contributed by atoms with E-state index in [1.54, 1.807) is 17.3 Å². The fourth-order valence-electron chi connectivity index (χ4n) is 3.26. The van der Waals surface area contributed by atoms with Crippen molar-refractivity contribution < 1.29 is 13.9 Å². The van der Waals surface area contributed by atoms with Crippen LogP contribution < -0.4 is 15.0 Å². The van der Waals surface area contributed by atoms with E-state index >= 15 is 0 Å². The highest BCUT2D eigenvalue weighted by Crippen LogP contribution is 2.34. The predicted molar refractivity (Wildman–Crippen MR) is 135 cm³/mol. The Hall–Kier alpha value is -3.17. The quantitative estimate of drug-likeness (QED) is 0.277. The minimum absolute atomic E-state index is 0.0632. The van der Waals surface area contributed by atoms with Crippen LogP contribution in [0.5, 0.6) is 5.75 Å². The third-order valence-corrected chi connectivity index (χ3v) is 5.89. The van der Waals surface area contributed by atoms with Crippen molar-refractivity contribution in [3.05, 3.63) is 64.2 Å². The van der Waals surface area contributed by atoms with Gasteiger partial charge in [0.1, 0.15) is 5.75 Å². The first-order valence-electron chi connectivity index (χ1n) is 10.3. The van der Waals surface area contributed by atoms with Gasteiger partial charge in [0.05, 0.1) is 18.0 Å². The molecule has 0 aliphatic carbocycles. The van der Waals surface area contributed by atoms with Crippen LogP contribution in [0.1, 0.15) is 26.3 Å². The Morgan fingerprint density at radius 1 is 1.21 bits per heavy atom. The number of aryl methyl sites for hydroxylation is 1. The number of aromatic nitrogens is 2. The third-order valence-electron chi connectivity index (χ3n) is 4.68. The molecular weight excluding hydrogens is 504 g/mol. The van der Waals surface area contributed by atoms with Crippen LogP contribution in [0.25, 0.3) is 11.3 Å². The number of amides is 1. The number of ether oxygens (including phenoxy) is 1. The molecule has 4 aromatic rings. The summed E-state index contributed by atoms with van der Waals surface area (Å²) in [6, 6.07) is 11.8. The number of nitrogens with one attached hydrogen (secondary N) is 1. The zero-order chi connectivity index (χ0) is 23.5. The zero-order valence-electron chi connectivity index (χ0n) is 18.6. The van der Waals surface area contributed by atoms with Crippen LogP contribution in [0.3, 0.4) is 0 Å². The molecule has 0 unspecified atom stereocenters. The summed E-state index contributed by atoms with van der Waals surface area (Å²) in [5.41, 5.74) is 3.32. The van der Waals surface area contributed by atoms with E-state index in [0.29, 0.717) is 22.6 Å². The van der Waals surface area contributed by atoms with Gasteiger partial charge in [0.2, 0.25) is 5.91 Å². The van der Waals surface area contributed by atoms with Crippen LogP contribution in [0.15, 0.2) is 63.1 Å². The second-order valence-corrected chi connectivity index (χ2v) is 9.45. The maximum atomic E-state index is 12.3. The average molecular weight is 527 g/mol. The van der Waals surface area contributed by atoms with E-state index in [0.717, 1.165) is 27.0 Å². The van der Waals surface area contributed by atoms with E-state index in [1.807, 2.05) is 62.5 Å². The molecular formula is C24H23BrN4O3S. The lowest BCUT2D eigenvalue weighted by atomic mass is 10.1. The third kappa shape index (κ3) is 5.43. The lowest BCUT2D eigenvalue weighted by molar-refractivity contribution is -0.115. The highest BCUT2D eigenvalue weighted by Gasteiger charge is 2.18. The maximum Gasteiger partial charge on any atom is 0.299 e. The first-order valence-corrected chi connectivity index (χ1v) is 12.0. The molecule has 0 aliphatic rings. The van der Waals surface area contributed by atoms with E-state index < -0.39 is 0 Å². The maximum absolute atomic E-state index is 12.3. The SMILES string of the molecule is CC(=O)N(c1ccc(C)c(Nc2ncc(-c3cc(Br)cc(OC(C)C)c3)o2)c1)c1nccs1. The monoisotopic (exact) mass is 526 g/mol. The Balaban J connectivity index is 1.61. The van der Waals surface area contributed by atoms with Gasteiger partial charge in [-0.15, -0.1) is 11.3 Å². The van der Waals surface area contributed by atoms with Crippen molar-refractivity contribution in [3.63, 3.8) is 0 Å². The van der Waals surface area contributed by atoms with E-state index in [4.69, 9.17) is 9.15 Å². The van der Waals surface area contributed by atoms with Crippen molar-refractivity contribution >= 4 is 55.7 Å². The summed E-state index contributed by atoms with van der Waals surface area (Å²) in [4.78, 5) is 22.5. The fraction of sp³-hybridized carbons (Fsp3) is 0.208. The Kier molecular flexibility index (Phi) is 6.80. The molecule has 0 spiro atoms. The minimum atomic E-state index is -0.118. The molecule has 1 amide bonds. The molecule has 2 aromatic heterocycles. The van der Waals surface area contributed by atoms with Crippen LogP contribution in [0.2, 0.25) is 0 Å². The van der Waals surface area contributed by atoms with Crippen LogP contribution >= 0.6 is 27.3 Å². The molecule has 0 saturated heterocycles. The number of halogens is 1. The van der Waals surface area contributed by atoms with Crippen molar-refractivity contribution in [2.24, 2.45) is 0 Å².